The lowest BCUT2D eigenvalue weighted by atomic mass is 10.0. The SMILES string of the molecule is CCC(N)c1cc(OC)ccc1O. The van der Waals surface area contributed by atoms with Crippen molar-refractivity contribution in [3.8, 4) is 11.5 Å². The van der Waals surface area contributed by atoms with Crippen molar-refractivity contribution >= 4 is 0 Å². The van der Waals surface area contributed by atoms with E-state index in [9.17, 15) is 5.11 Å². The summed E-state index contributed by atoms with van der Waals surface area (Å²) in [7, 11) is 1.59. The van der Waals surface area contributed by atoms with E-state index < -0.39 is 0 Å². The highest BCUT2D eigenvalue weighted by Crippen LogP contribution is 2.28. The Morgan fingerprint density at radius 1 is 1.54 bits per heavy atom. The molecule has 1 aromatic carbocycles. The maximum Gasteiger partial charge on any atom is 0.120 e. The van der Waals surface area contributed by atoms with Gasteiger partial charge >= 0.3 is 0 Å². The highest BCUT2D eigenvalue weighted by atomic mass is 16.5. The number of phenolic OH excluding ortho intramolecular Hbond substituents is 1. The van der Waals surface area contributed by atoms with E-state index in [4.69, 9.17) is 10.5 Å². The molecule has 0 saturated carbocycles. The fourth-order valence-electron chi connectivity index (χ4n) is 1.18. The molecule has 0 aliphatic rings. The molecule has 0 aliphatic heterocycles. The molecule has 0 saturated heterocycles. The number of hydrogen-bond donors (Lipinski definition) is 2. The minimum absolute atomic E-state index is 0.130. The van der Waals surface area contributed by atoms with Gasteiger partial charge in [-0.1, -0.05) is 6.92 Å². The molecule has 0 fully saturated rings. The zero-order chi connectivity index (χ0) is 9.84. The average molecular weight is 181 g/mol. The van der Waals surface area contributed by atoms with Crippen LogP contribution in [-0.4, -0.2) is 12.2 Å². The second-order valence-corrected chi connectivity index (χ2v) is 2.94. The first-order valence-corrected chi connectivity index (χ1v) is 4.31. The summed E-state index contributed by atoms with van der Waals surface area (Å²) in [5.74, 6) is 0.951. The Labute approximate surface area is 78.1 Å². The monoisotopic (exact) mass is 181 g/mol. The Hall–Kier alpha value is -1.22. The first-order chi connectivity index (χ1) is 6.19. The fraction of sp³-hybridized carbons (Fsp3) is 0.400. The molecule has 1 unspecified atom stereocenters. The third-order valence-corrected chi connectivity index (χ3v) is 2.07. The predicted molar refractivity (Wildman–Crippen MR) is 51.9 cm³/mol. The van der Waals surface area contributed by atoms with E-state index in [2.05, 4.69) is 0 Å². The minimum Gasteiger partial charge on any atom is -0.508 e. The summed E-state index contributed by atoms with van der Waals surface area (Å²) in [6, 6.07) is 4.95. The second kappa shape index (κ2) is 4.14. The Morgan fingerprint density at radius 3 is 2.77 bits per heavy atom. The number of nitrogens with two attached hydrogens (primary N) is 1. The highest BCUT2D eigenvalue weighted by molar-refractivity contribution is 5.41. The lowest BCUT2D eigenvalue weighted by Gasteiger charge is -2.12. The van der Waals surface area contributed by atoms with Crippen LogP contribution >= 0.6 is 0 Å². The van der Waals surface area contributed by atoms with Gasteiger partial charge in [0.25, 0.3) is 0 Å². The number of ether oxygens (including phenoxy) is 1. The van der Waals surface area contributed by atoms with Crippen LogP contribution in [0.5, 0.6) is 11.5 Å². The van der Waals surface area contributed by atoms with E-state index in [0.717, 1.165) is 17.7 Å². The molecule has 13 heavy (non-hydrogen) atoms. The minimum atomic E-state index is -0.130. The standard InChI is InChI=1S/C10H15NO2/c1-3-9(11)8-6-7(13-2)4-5-10(8)12/h4-6,9,12H,3,11H2,1-2H3. The maximum atomic E-state index is 9.50. The normalized spacial score (nSPS) is 12.5. The van der Waals surface area contributed by atoms with Gasteiger partial charge in [-0.25, -0.2) is 0 Å². The van der Waals surface area contributed by atoms with Crippen molar-refractivity contribution in [1.29, 1.82) is 0 Å². The molecule has 3 N–H and O–H groups in total. The number of rotatable bonds is 3. The van der Waals surface area contributed by atoms with Crippen molar-refractivity contribution in [3.63, 3.8) is 0 Å². The Balaban J connectivity index is 3.03. The van der Waals surface area contributed by atoms with Crippen molar-refractivity contribution < 1.29 is 9.84 Å². The number of benzene rings is 1. The summed E-state index contributed by atoms with van der Waals surface area (Å²) in [5, 5.41) is 9.50. The highest BCUT2D eigenvalue weighted by Gasteiger charge is 2.09. The topological polar surface area (TPSA) is 55.5 Å². The first kappa shape index (κ1) is 9.86. The van der Waals surface area contributed by atoms with Crippen LogP contribution in [0.15, 0.2) is 18.2 Å². The summed E-state index contributed by atoms with van der Waals surface area (Å²) < 4.78 is 5.04. The van der Waals surface area contributed by atoms with E-state index >= 15 is 0 Å². The van der Waals surface area contributed by atoms with Crippen molar-refractivity contribution in [3.05, 3.63) is 23.8 Å². The quantitative estimate of drug-likeness (QED) is 0.747. The van der Waals surface area contributed by atoms with Crippen molar-refractivity contribution in [2.24, 2.45) is 5.73 Å². The smallest absolute Gasteiger partial charge is 0.120 e. The molecule has 1 rings (SSSR count). The number of phenols is 1. The molecule has 0 spiro atoms. The van der Waals surface area contributed by atoms with Crippen LogP contribution in [0.4, 0.5) is 0 Å². The van der Waals surface area contributed by atoms with E-state index in [0.29, 0.717) is 0 Å². The summed E-state index contributed by atoms with van der Waals surface area (Å²) in [6.07, 6.45) is 0.792. The van der Waals surface area contributed by atoms with Crippen LogP contribution < -0.4 is 10.5 Å². The molecule has 0 aromatic heterocycles. The third kappa shape index (κ3) is 2.12. The summed E-state index contributed by atoms with van der Waals surface area (Å²) in [4.78, 5) is 0. The third-order valence-electron chi connectivity index (χ3n) is 2.07. The number of hydrogen-bond acceptors (Lipinski definition) is 3. The van der Waals surface area contributed by atoms with Gasteiger partial charge < -0.3 is 15.6 Å². The number of methoxy groups -OCH3 is 1. The van der Waals surface area contributed by atoms with Crippen LogP contribution in [0, 0.1) is 0 Å². The summed E-state index contributed by atoms with van der Waals surface area (Å²) in [5.41, 5.74) is 6.54. The van der Waals surface area contributed by atoms with Crippen LogP contribution in [0.3, 0.4) is 0 Å². The van der Waals surface area contributed by atoms with E-state index in [1.807, 2.05) is 6.92 Å². The second-order valence-electron chi connectivity index (χ2n) is 2.94. The molecule has 1 aromatic rings. The van der Waals surface area contributed by atoms with Gasteiger partial charge in [0.2, 0.25) is 0 Å². The fourth-order valence-corrected chi connectivity index (χ4v) is 1.18. The number of aromatic hydroxyl groups is 1. The average Bonchev–Trinajstić information content (AvgIpc) is 2.17. The molecular weight excluding hydrogens is 166 g/mol. The van der Waals surface area contributed by atoms with Gasteiger partial charge in [0, 0.05) is 11.6 Å². The van der Waals surface area contributed by atoms with Gasteiger partial charge in [-0.3, -0.25) is 0 Å². The van der Waals surface area contributed by atoms with Gasteiger partial charge in [0.05, 0.1) is 7.11 Å². The van der Waals surface area contributed by atoms with E-state index in [1.54, 1.807) is 25.3 Å². The van der Waals surface area contributed by atoms with Gasteiger partial charge in [-0.2, -0.15) is 0 Å². The molecule has 3 heteroatoms. The maximum absolute atomic E-state index is 9.50. The predicted octanol–water partition coefficient (Wildman–Crippen LogP) is 1.81. The Bertz CT molecular complexity index is 286. The zero-order valence-electron chi connectivity index (χ0n) is 7.95. The van der Waals surface area contributed by atoms with Crippen molar-refractivity contribution in [1.82, 2.24) is 0 Å². The summed E-state index contributed by atoms with van der Waals surface area (Å²) >= 11 is 0. The molecule has 0 heterocycles. The van der Waals surface area contributed by atoms with Crippen LogP contribution in [0.25, 0.3) is 0 Å². The molecule has 0 bridgehead atoms. The lowest BCUT2D eigenvalue weighted by molar-refractivity contribution is 0.409. The van der Waals surface area contributed by atoms with Crippen molar-refractivity contribution in [2.45, 2.75) is 19.4 Å². The molecule has 0 radical (unpaired) electrons. The van der Waals surface area contributed by atoms with E-state index in [-0.39, 0.29) is 11.8 Å². The molecule has 72 valence electrons. The molecule has 0 aliphatic carbocycles. The van der Waals surface area contributed by atoms with Gasteiger partial charge in [-0.05, 0) is 24.6 Å². The molecule has 1 atom stereocenters. The van der Waals surface area contributed by atoms with Crippen LogP contribution in [-0.2, 0) is 0 Å². The van der Waals surface area contributed by atoms with Crippen LogP contribution in [0.1, 0.15) is 24.9 Å². The van der Waals surface area contributed by atoms with Gasteiger partial charge in [-0.15, -0.1) is 0 Å². The zero-order valence-corrected chi connectivity index (χ0v) is 7.95. The van der Waals surface area contributed by atoms with Gasteiger partial charge in [0.1, 0.15) is 11.5 Å². The Morgan fingerprint density at radius 2 is 2.23 bits per heavy atom. The van der Waals surface area contributed by atoms with Crippen molar-refractivity contribution in [2.75, 3.05) is 7.11 Å². The first-order valence-electron chi connectivity index (χ1n) is 4.31. The molecule has 0 amide bonds. The molecule has 3 nitrogen and oxygen atoms in total. The lowest BCUT2D eigenvalue weighted by Crippen LogP contribution is -2.08. The Kier molecular flexibility index (Phi) is 3.14. The molecular formula is C10H15NO2. The largest absolute Gasteiger partial charge is 0.508 e. The van der Waals surface area contributed by atoms with Crippen LogP contribution in [0.2, 0.25) is 0 Å². The van der Waals surface area contributed by atoms with Gasteiger partial charge in [0.15, 0.2) is 0 Å². The van der Waals surface area contributed by atoms with E-state index in [1.165, 1.54) is 0 Å². The summed E-state index contributed by atoms with van der Waals surface area (Å²) in [6.45, 7) is 1.98.